The molecule has 1 aromatic rings. The molecule has 1 aromatic heterocycles. The zero-order chi connectivity index (χ0) is 13.4. The van der Waals surface area contributed by atoms with Crippen LogP contribution in [0.15, 0.2) is 18.3 Å². The van der Waals surface area contributed by atoms with Gasteiger partial charge < -0.3 is 5.32 Å². The number of hydrogen-bond acceptors (Lipinski definition) is 2. The Morgan fingerprint density at radius 2 is 2.05 bits per heavy atom. The average molecular weight is 270 g/mol. The molecule has 0 bridgehead atoms. The summed E-state index contributed by atoms with van der Waals surface area (Å²) in [5, 5.41) is 4.03. The molecular formula is C18H26N2. The second-order valence-corrected chi connectivity index (χ2v) is 7.04. The largest absolute Gasteiger partial charge is 0.310 e. The lowest BCUT2D eigenvalue weighted by atomic mass is 9.69. The fourth-order valence-corrected chi connectivity index (χ4v) is 4.77. The molecule has 2 fully saturated rings. The summed E-state index contributed by atoms with van der Waals surface area (Å²) in [6.07, 6.45) is 14.3. The number of nitrogens with zero attached hydrogens (tertiary/aromatic N) is 1. The highest BCUT2D eigenvalue weighted by Gasteiger charge is 2.51. The molecule has 1 saturated carbocycles. The van der Waals surface area contributed by atoms with Crippen LogP contribution in [0.3, 0.4) is 0 Å². The van der Waals surface area contributed by atoms with Gasteiger partial charge in [0.2, 0.25) is 0 Å². The Morgan fingerprint density at radius 3 is 2.95 bits per heavy atom. The third-order valence-electron chi connectivity index (χ3n) is 5.84. The number of pyridine rings is 1. The summed E-state index contributed by atoms with van der Waals surface area (Å²) < 4.78 is 0. The third-order valence-corrected chi connectivity index (χ3v) is 5.84. The van der Waals surface area contributed by atoms with E-state index in [0.29, 0.717) is 11.5 Å². The third kappa shape index (κ3) is 2.09. The van der Waals surface area contributed by atoms with Gasteiger partial charge in [-0.05, 0) is 69.0 Å². The normalized spacial score (nSPS) is 34.3. The van der Waals surface area contributed by atoms with Crippen LogP contribution in [-0.2, 0) is 6.42 Å². The predicted octanol–water partition coefficient (Wildman–Crippen LogP) is 3.81. The van der Waals surface area contributed by atoms with Gasteiger partial charge in [0.1, 0.15) is 0 Å². The highest BCUT2D eigenvalue weighted by molar-refractivity contribution is 5.31. The zero-order valence-corrected chi connectivity index (χ0v) is 12.4. The van der Waals surface area contributed by atoms with E-state index in [1.165, 1.54) is 75.6 Å². The number of rotatable bonds is 2. The molecule has 0 spiro atoms. The molecular weight excluding hydrogens is 244 g/mol. The smallest absolute Gasteiger partial charge is 0.0484 e. The van der Waals surface area contributed by atoms with Crippen LogP contribution in [0.25, 0.3) is 0 Å². The first-order valence-corrected chi connectivity index (χ1v) is 8.59. The van der Waals surface area contributed by atoms with E-state index in [-0.39, 0.29) is 0 Å². The molecule has 0 aromatic carbocycles. The molecule has 1 saturated heterocycles. The van der Waals surface area contributed by atoms with Gasteiger partial charge in [0, 0.05) is 23.3 Å². The van der Waals surface area contributed by atoms with Crippen molar-refractivity contribution in [2.75, 3.05) is 6.54 Å². The molecule has 2 unspecified atom stereocenters. The standard InChI is InChI=1S/C18H26N2/c1-2-11-18(15-9-10-15,20-13-3-1)16-8-4-6-14-7-5-12-19-17(14)16/h5,7,12,15-16,20H,1-4,6,8-11,13H2. The Balaban J connectivity index is 1.73. The average Bonchev–Trinajstić information content (AvgIpc) is 3.33. The van der Waals surface area contributed by atoms with Gasteiger partial charge in [-0.3, -0.25) is 4.98 Å². The van der Waals surface area contributed by atoms with Gasteiger partial charge in [-0.2, -0.15) is 0 Å². The van der Waals surface area contributed by atoms with Gasteiger partial charge in [0.05, 0.1) is 0 Å². The summed E-state index contributed by atoms with van der Waals surface area (Å²) in [4.78, 5) is 4.82. The molecule has 2 atom stereocenters. The minimum Gasteiger partial charge on any atom is -0.310 e. The maximum atomic E-state index is 4.82. The van der Waals surface area contributed by atoms with Crippen molar-refractivity contribution in [1.82, 2.24) is 10.3 Å². The van der Waals surface area contributed by atoms with E-state index in [1.807, 2.05) is 6.20 Å². The van der Waals surface area contributed by atoms with E-state index >= 15 is 0 Å². The van der Waals surface area contributed by atoms with Crippen LogP contribution < -0.4 is 5.32 Å². The van der Waals surface area contributed by atoms with Crippen LogP contribution in [0.1, 0.15) is 68.5 Å². The van der Waals surface area contributed by atoms with E-state index in [2.05, 4.69) is 17.4 Å². The van der Waals surface area contributed by atoms with Crippen molar-refractivity contribution in [2.24, 2.45) is 5.92 Å². The Hall–Kier alpha value is -0.890. The highest BCUT2D eigenvalue weighted by atomic mass is 15.0. The second-order valence-electron chi connectivity index (χ2n) is 7.04. The van der Waals surface area contributed by atoms with Crippen molar-refractivity contribution in [2.45, 2.75) is 69.2 Å². The topological polar surface area (TPSA) is 24.9 Å². The van der Waals surface area contributed by atoms with E-state index in [1.54, 1.807) is 0 Å². The van der Waals surface area contributed by atoms with Crippen LogP contribution >= 0.6 is 0 Å². The molecule has 20 heavy (non-hydrogen) atoms. The number of hydrogen-bond donors (Lipinski definition) is 1. The molecule has 2 aliphatic carbocycles. The van der Waals surface area contributed by atoms with Gasteiger partial charge in [0.25, 0.3) is 0 Å². The number of aromatic nitrogens is 1. The molecule has 0 amide bonds. The van der Waals surface area contributed by atoms with Crippen molar-refractivity contribution in [3.05, 3.63) is 29.6 Å². The van der Waals surface area contributed by atoms with Crippen molar-refractivity contribution >= 4 is 0 Å². The molecule has 2 heteroatoms. The SMILES string of the molecule is c1cnc2c(c1)CCCC2C1(C2CC2)CCCCCN1. The van der Waals surface area contributed by atoms with Crippen molar-refractivity contribution in [1.29, 1.82) is 0 Å². The minimum atomic E-state index is 0.375. The summed E-state index contributed by atoms with van der Waals surface area (Å²) in [6.45, 7) is 1.22. The monoisotopic (exact) mass is 270 g/mol. The lowest BCUT2D eigenvalue weighted by Gasteiger charge is -2.44. The molecule has 0 radical (unpaired) electrons. The Bertz CT molecular complexity index is 470. The minimum absolute atomic E-state index is 0.375. The quantitative estimate of drug-likeness (QED) is 0.884. The second kappa shape index (κ2) is 5.14. The van der Waals surface area contributed by atoms with Crippen LogP contribution in [0.4, 0.5) is 0 Å². The van der Waals surface area contributed by atoms with Gasteiger partial charge in [-0.25, -0.2) is 0 Å². The summed E-state index contributed by atoms with van der Waals surface area (Å²) in [5.41, 5.74) is 3.33. The van der Waals surface area contributed by atoms with E-state index in [9.17, 15) is 0 Å². The van der Waals surface area contributed by atoms with E-state index in [4.69, 9.17) is 4.98 Å². The van der Waals surface area contributed by atoms with Crippen molar-refractivity contribution in [3.63, 3.8) is 0 Å². The molecule has 108 valence electrons. The molecule has 2 heterocycles. The first-order valence-electron chi connectivity index (χ1n) is 8.59. The lowest BCUT2D eigenvalue weighted by molar-refractivity contribution is 0.199. The molecule has 1 aliphatic heterocycles. The maximum Gasteiger partial charge on any atom is 0.0484 e. The van der Waals surface area contributed by atoms with Crippen molar-refractivity contribution < 1.29 is 0 Å². The van der Waals surface area contributed by atoms with Crippen LogP contribution in [0.2, 0.25) is 0 Å². The molecule has 3 aliphatic rings. The Labute approximate surface area is 122 Å². The van der Waals surface area contributed by atoms with Crippen LogP contribution in [0.5, 0.6) is 0 Å². The van der Waals surface area contributed by atoms with Gasteiger partial charge in [-0.1, -0.05) is 18.9 Å². The van der Waals surface area contributed by atoms with E-state index in [0.717, 1.165) is 5.92 Å². The Kier molecular flexibility index (Phi) is 3.30. The summed E-state index contributed by atoms with van der Waals surface area (Å²) in [5.74, 6) is 1.58. The fourth-order valence-electron chi connectivity index (χ4n) is 4.77. The van der Waals surface area contributed by atoms with Crippen LogP contribution in [0, 0.1) is 5.92 Å². The fraction of sp³-hybridized carbons (Fsp3) is 0.722. The zero-order valence-electron chi connectivity index (χ0n) is 12.4. The number of aryl methyl sites for hydroxylation is 1. The Morgan fingerprint density at radius 1 is 1.10 bits per heavy atom. The predicted molar refractivity (Wildman–Crippen MR) is 81.8 cm³/mol. The van der Waals surface area contributed by atoms with Crippen LogP contribution in [-0.4, -0.2) is 17.1 Å². The number of nitrogens with one attached hydrogen (secondary N) is 1. The lowest BCUT2D eigenvalue weighted by Crippen LogP contribution is -2.52. The first-order chi connectivity index (χ1) is 9.90. The van der Waals surface area contributed by atoms with E-state index < -0.39 is 0 Å². The molecule has 4 rings (SSSR count). The van der Waals surface area contributed by atoms with Gasteiger partial charge >= 0.3 is 0 Å². The summed E-state index contributed by atoms with van der Waals surface area (Å²) >= 11 is 0. The van der Waals surface area contributed by atoms with Gasteiger partial charge in [-0.15, -0.1) is 0 Å². The summed E-state index contributed by atoms with van der Waals surface area (Å²) in [7, 11) is 0. The first kappa shape index (κ1) is 12.8. The van der Waals surface area contributed by atoms with Crippen molar-refractivity contribution in [3.8, 4) is 0 Å². The summed E-state index contributed by atoms with van der Waals surface area (Å²) in [6, 6.07) is 4.43. The molecule has 2 nitrogen and oxygen atoms in total. The van der Waals surface area contributed by atoms with Gasteiger partial charge in [0.15, 0.2) is 0 Å². The molecule has 1 N–H and O–H groups in total. The number of fused-ring (bicyclic) bond motifs is 1. The maximum absolute atomic E-state index is 4.82. The highest BCUT2D eigenvalue weighted by Crippen LogP contribution is 2.53.